The number of rotatable bonds is 0. The summed E-state index contributed by atoms with van der Waals surface area (Å²) in [6.45, 7) is 2.01. The van der Waals surface area contributed by atoms with Gasteiger partial charge in [-0.05, 0) is 6.07 Å². The molecule has 0 saturated carbocycles. The monoisotopic (exact) mass is 305 g/mol. The number of benzene rings is 1. The number of aromatic nitrogens is 1. The van der Waals surface area contributed by atoms with Crippen molar-refractivity contribution in [3.8, 4) is 5.75 Å². The number of ether oxygens (including phenoxy) is 1. The third kappa shape index (κ3) is 1.61. The van der Waals surface area contributed by atoms with E-state index < -0.39 is 0 Å². The molecular weight excluding hydrogens is 294 g/mol. The fourth-order valence-electron chi connectivity index (χ4n) is 2.98. The van der Waals surface area contributed by atoms with E-state index in [9.17, 15) is 9.59 Å². The minimum Gasteiger partial charge on any atom is -0.426 e. The molecule has 0 aliphatic carbocycles. The van der Waals surface area contributed by atoms with Crippen molar-refractivity contribution in [2.24, 2.45) is 5.92 Å². The molecule has 0 fully saturated rings. The van der Waals surface area contributed by atoms with Gasteiger partial charge in [-0.3, -0.25) is 9.59 Å². The standard InChI is InChI=1S/C14H11NO3S2/c1-6-9-10(11-12(19-6)15-14(17)20-11)7-4-2-3-5-8(7)18-13(9)16/h2-6,9-10H,1H3,(H,15,17)/t6-,9+,10+/m0/s1. The molecule has 0 spiro atoms. The Morgan fingerprint density at radius 1 is 1.25 bits per heavy atom. The Bertz CT molecular complexity index is 764. The van der Waals surface area contributed by atoms with Gasteiger partial charge in [0.1, 0.15) is 5.75 Å². The number of H-pyrrole nitrogens is 1. The number of nitrogens with one attached hydrogen (secondary N) is 1. The predicted octanol–water partition coefficient (Wildman–Crippen LogP) is 2.60. The maximum absolute atomic E-state index is 12.3. The van der Waals surface area contributed by atoms with Crippen molar-refractivity contribution in [3.63, 3.8) is 0 Å². The summed E-state index contributed by atoms with van der Waals surface area (Å²) in [7, 11) is 0. The molecule has 2 aromatic rings. The molecule has 3 atom stereocenters. The van der Waals surface area contributed by atoms with Crippen LogP contribution in [0.25, 0.3) is 0 Å². The van der Waals surface area contributed by atoms with Crippen LogP contribution in [-0.2, 0) is 4.79 Å². The van der Waals surface area contributed by atoms with Crippen LogP contribution in [0.5, 0.6) is 5.75 Å². The molecule has 0 saturated heterocycles. The largest absolute Gasteiger partial charge is 0.426 e. The van der Waals surface area contributed by atoms with E-state index >= 15 is 0 Å². The smallest absolute Gasteiger partial charge is 0.316 e. The molecule has 2 aliphatic heterocycles. The van der Waals surface area contributed by atoms with Gasteiger partial charge in [0, 0.05) is 21.6 Å². The van der Waals surface area contributed by atoms with Gasteiger partial charge in [-0.15, -0.1) is 11.8 Å². The van der Waals surface area contributed by atoms with E-state index in [1.165, 1.54) is 11.3 Å². The van der Waals surface area contributed by atoms with Gasteiger partial charge in [-0.1, -0.05) is 36.5 Å². The molecule has 6 heteroatoms. The van der Waals surface area contributed by atoms with Gasteiger partial charge < -0.3 is 9.72 Å². The van der Waals surface area contributed by atoms with Crippen molar-refractivity contribution < 1.29 is 9.53 Å². The molecule has 20 heavy (non-hydrogen) atoms. The zero-order valence-electron chi connectivity index (χ0n) is 10.6. The lowest BCUT2D eigenvalue weighted by Gasteiger charge is -2.37. The highest BCUT2D eigenvalue weighted by molar-refractivity contribution is 8.00. The van der Waals surface area contributed by atoms with E-state index in [0.717, 1.165) is 15.5 Å². The lowest BCUT2D eigenvalue weighted by atomic mass is 9.80. The zero-order chi connectivity index (χ0) is 13.9. The third-order valence-corrected chi connectivity index (χ3v) is 6.15. The van der Waals surface area contributed by atoms with Crippen LogP contribution >= 0.6 is 23.1 Å². The number of esters is 1. The van der Waals surface area contributed by atoms with E-state index in [2.05, 4.69) is 4.98 Å². The normalized spacial score (nSPS) is 27.2. The van der Waals surface area contributed by atoms with Crippen LogP contribution in [-0.4, -0.2) is 16.2 Å². The molecule has 102 valence electrons. The van der Waals surface area contributed by atoms with Crippen molar-refractivity contribution in [1.29, 1.82) is 0 Å². The second kappa shape index (κ2) is 4.23. The lowest BCUT2D eigenvalue weighted by molar-refractivity contribution is -0.140. The SMILES string of the molecule is C[C@@H]1Sc2[nH]c(=O)sc2[C@@H]2c3ccccc3OC(=O)[C@@H]21. The van der Waals surface area contributed by atoms with Gasteiger partial charge in [0.15, 0.2) is 0 Å². The first kappa shape index (κ1) is 12.2. The summed E-state index contributed by atoms with van der Waals surface area (Å²) >= 11 is 2.75. The van der Waals surface area contributed by atoms with Gasteiger partial charge in [0.05, 0.1) is 10.9 Å². The minimum absolute atomic E-state index is 0.0632. The highest BCUT2D eigenvalue weighted by Gasteiger charge is 2.47. The maximum atomic E-state index is 12.3. The Balaban J connectivity index is 1.99. The Morgan fingerprint density at radius 3 is 2.90 bits per heavy atom. The fourth-order valence-corrected chi connectivity index (χ4v) is 5.39. The number of carbonyl (C=O) groups is 1. The minimum atomic E-state index is -0.228. The first-order chi connectivity index (χ1) is 9.65. The highest BCUT2D eigenvalue weighted by atomic mass is 32.2. The van der Waals surface area contributed by atoms with E-state index in [1.54, 1.807) is 11.8 Å². The van der Waals surface area contributed by atoms with Crippen molar-refractivity contribution >= 4 is 29.1 Å². The summed E-state index contributed by atoms with van der Waals surface area (Å²) in [5.41, 5.74) is 1.00. The van der Waals surface area contributed by atoms with Crippen LogP contribution < -0.4 is 9.61 Å². The molecular formula is C14H11NO3S2. The second-order valence-electron chi connectivity index (χ2n) is 4.99. The second-order valence-corrected chi connectivity index (χ2v) is 7.40. The van der Waals surface area contributed by atoms with E-state index in [0.29, 0.717) is 5.75 Å². The van der Waals surface area contributed by atoms with Crippen LogP contribution in [0.4, 0.5) is 0 Å². The Hall–Kier alpha value is -1.53. The number of thiazole rings is 1. The molecule has 3 heterocycles. The molecule has 1 aromatic heterocycles. The van der Waals surface area contributed by atoms with Crippen LogP contribution in [0.3, 0.4) is 0 Å². The number of hydrogen-bond acceptors (Lipinski definition) is 5. The van der Waals surface area contributed by atoms with Gasteiger partial charge >= 0.3 is 10.8 Å². The number of thioether (sulfide) groups is 1. The van der Waals surface area contributed by atoms with E-state index in [1.807, 2.05) is 31.2 Å². The molecule has 4 nitrogen and oxygen atoms in total. The van der Waals surface area contributed by atoms with Gasteiger partial charge in [-0.2, -0.15) is 0 Å². The predicted molar refractivity (Wildman–Crippen MR) is 77.7 cm³/mol. The third-order valence-electron chi connectivity index (χ3n) is 3.83. The summed E-state index contributed by atoms with van der Waals surface area (Å²) in [5, 5.41) is 0.983. The number of hydrogen-bond donors (Lipinski definition) is 1. The highest BCUT2D eigenvalue weighted by Crippen LogP contribution is 2.53. The van der Waals surface area contributed by atoms with E-state index in [4.69, 9.17) is 4.74 Å². The first-order valence-electron chi connectivity index (χ1n) is 6.35. The maximum Gasteiger partial charge on any atom is 0.316 e. The van der Waals surface area contributed by atoms with Crippen molar-refractivity contribution in [3.05, 3.63) is 44.4 Å². The van der Waals surface area contributed by atoms with Crippen LogP contribution in [0.15, 0.2) is 34.1 Å². The lowest BCUT2D eigenvalue weighted by Crippen LogP contribution is -2.39. The zero-order valence-corrected chi connectivity index (χ0v) is 12.2. The molecule has 0 bridgehead atoms. The molecule has 1 aromatic carbocycles. The van der Waals surface area contributed by atoms with Gasteiger partial charge in [0.25, 0.3) is 0 Å². The topological polar surface area (TPSA) is 59.2 Å². The summed E-state index contributed by atoms with van der Waals surface area (Å²) < 4.78 is 5.46. The number of fused-ring (bicyclic) bond motifs is 5. The number of aromatic amines is 1. The molecule has 0 radical (unpaired) electrons. The Morgan fingerprint density at radius 2 is 2.05 bits per heavy atom. The van der Waals surface area contributed by atoms with Crippen molar-refractivity contribution in [2.75, 3.05) is 0 Å². The van der Waals surface area contributed by atoms with Crippen molar-refractivity contribution in [2.45, 2.75) is 23.1 Å². The molecule has 0 unspecified atom stereocenters. The van der Waals surface area contributed by atoms with Gasteiger partial charge in [0.2, 0.25) is 0 Å². The van der Waals surface area contributed by atoms with E-state index in [-0.39, 0.29) is 27.9 Å². The summed E-state index contributed by atoms with van der Waals surface area (Å²) in [6, 6.07) is 7.59. The summed E-state index contributed by atoms with van der Waals surface area (Å²) in [6.07, 6.45) is 0. The van der Waals surface area contributed by atoms with Crippen molar-refractivity contribution in [1.82, 2.24) is 4.98 Å². The van der Waals surface area contributed by atoms with Crippen LogP contribution in [0.1, 0.15) is 23.3 Å². The molecule has 4 rings (SSSR count). The van der Waals surface area contributed by atoms with Crippen LogP contribution in [0, 0.1) is 5.92 Å². The average Bonchev–Trinajstić information content (AvgIpc) is 2.78. The molecule has 2 aliphatic rings. The Kier molecular flexibility index (Phi) is 2.59. The number of para-hydroxylation sites is 1. The first-order valence-corrected chi connectivity index (χ1v) is 8.05. The fraction of sp³-hybridized carbons (Fsp3) is 0.286. The van der Waals surface area contributed by atoms with Crippen LogP contribution in [0.2, 0.25) is 0 Å². The quantitative estimate of drug-likeness (QED) is 0.600. The number of carbonyl (C=O) groups excluding carboxylic acids is 1. The Labute approximate surface area is 123 Å². The average molecular weight is 305 g/mol. The van der Waals surface area contributed by atoms with Gasteiger partial charge in [-0.25, -0.2) is 0 Å². The summed E-state index contributed by atoms with van der Waals surface area (Å²) in [4.78, 5) is 27.7. The molecule has 1 N–H and O–H groups in total. The summed E-state index contributed by atoms with van der Waals surface area (Å²) in [5.74, 6) is 0.126. The molecule has 0 amide bonds.